The Labute approximate surface area is 201 Å². The number of rotatable bonds is 6. The minimum absolute atomic E-state index is 0. The van der Waals surface area contributed by atoms with Crippen molar-refractivity contribution in [3.63, 3.8) is 0 Å². The molecule has 7 heteroatoms. The summed E-state index contributed by atoms with van der Waals surface area (Å²) in [5.74, 6) is 1.78. The lowest BCUT2D eigenvalue weighted by Gasteiger charge is -2.18. The summed E-state index contributed by atoms with van der Waals surface area (Å²) in [5.41, 5.74) is 2.74. The third-order valence-corrected chi connectivity index (χ3v) is 7.34. The number of carbonyl (C=O) groups excluding carboxylic acids is 2. The van der Waals surface area contributed by atoms with Crippen LogP contribution in [0, 0.1) is 30.6 Å². The van der Waals surface area contributed by atoms with Gasteiger partial charge in [0.15, 0.2) is 5.96 Å². The highest BCUT2D eigenvalue weighted by Gasteiger charge is 2.58. The highest BCUT2D eigenvalue weighted by Crippen LogP contribution is 2.52. The number of aryl methyl sites for hydroxylation is 1. The van der Waals surface area contributed by atoms with E-state index in [2.05, 4.69) is 59.0 Å². The van der Waals surface area contributed by atoms with E-state index in [1.54, 1.807) is 7.05 Å². The lowest BCUT2D eigenvalue weighted by molar-refractivity contribution is -0.140. The van der Waals surface area contributed by atoms with Crippen molar-refractivity contribution in [3.8, 4) is 0 Å². The number of aliphatic imine (C=N–C) groups is 1. The Morgan fingerprint density at radius 3 is 2.42 bits per heavy atom. The molecule has 2 amide bonds. The standard InChI is InChI=1S/C24H30N4O2.HI/c1-14-6-3-4-7-17(14)18-13-19(18)27-24(25-2)26-10-5-11-28-22(29)20-15-8-9-16(12-15)21(20)23(28)30;/h3-4,6-9,15-16,18-21H,5,10-13H2,1-2H3,(H2,25,26,27);1H. The maximum atomic E-state index is 12.7. The number of hydrogen-bond donors (Lipinski definition) is 2. The van der Waals surface area contributed by atoms with E-state index >= 15 is 0 Å². The molecule has 0 radical (unpaired) electrons. The first kappa shape index (κ1) is 22.3. The molecule has 1 aliphatic heterocycles. The second kappa shape index (κ2) is 8.92. The molecule has 1 aromatic carbocycles. The van der Waals surface area contributed by atoms with Crippen LogP contribution < -0.4 is 10.6 Å². The number of nitrogens with one attached hydrogen (secondary N) is 2. The number of nitrogens with zero attached hydrogens (tertiary/aromatic N) is 2. The van der Waals surface area contributed by atoms with Crippen LogP contribution in [0.25, 0.3) is 0 Å². The normalized spacial score (nSPS) is 32.8. The van der Waals surface area contributed by atoms with Gasteiger partial charge >= 0.3 is 0 Å². The van der Waals surface area contributed by atoms with Gasteiger partial charge < -0.3 is 10.6 Å². The van der Waals surface area contributed by atoms with Crippen LogP contribution in [0.4, 0.5) is 0 Å². The van der Waals surface area contributed by atoms with Gasteiger partial charge in [0.05, 0.1) is 11.8 Å². The molecule has 31 heavy (non-hydrogen) atoms. The van der Waals surface area contributed by atoms with Crippen LogP contribution in [-0.4, -0.2) is 48.9 Å². The second-order valence-corrected chi connectivity index (χ2v) is 9.13. The summed E-state index contributed by atoms with van der Waals surface area (Å²) in [7, 11) is 1.78. The molecular formula is C24H31IN4O2. The van der Waals surface area contributed by atoms with Crippen LogP contribution in [0.5, 0.6) is 0 Å². The molecule has 1 heterocycles. The largest absolute Gasteiger partial charge is 0.356 e. The highest BCUT2D eigenvalue weighted by atomic mass is 127. The molecule has 4 aliphatic rings. The van der Waals surface area contributed by atoms with E-state index in [0.29, 0.717) is 25.0 Å². The van der Waals surface area contributed by atoms with Gasteiger partial charge in [-0.1, -0.05) is 36.4 Å². The Hall–Kier alpha value is -1.90. The van der Waals surface area contributed by atoms with Gasteiger partial charge in [-0.25, -0.2) is 0 Å². The molecule has 6 atom stereocenters. The molecule has 0 spiro atoms. The number of allylic oxidation sites excluding steroid dienone is 2. The van der Waals surface area contributed by atoms with Gasteiger partial charge in [0.2, 0.25) is 11.8 Å². The quantitative estimate of drug-likeness (QED) is 0.147. The molecule has 0 aromatic heterocycles. The van der Waals surface area contributed by atoms with E-state index in [0.717, 1.165) is 25.2 Å². The average molecular weight is 534 g/mol. The van der Waals surface area contributed by atoms with Crippen LogP contribution in [0.15, 0.2) is 41.4 Å². The lowest BCUT2D eigenvalue weighted by atomic mass is 9.85. The summed E-state index contributed by atoms with van der Waals surface area (Å²) in [6, 6.07) is 8.95. The van der Waals surface area contributed by atoms with Gasteiger partial charge in [-0.15, -0.1) is 24.0 Å². The van der Waals surface area contributed by atoms with E-state index in [4.69, 9.17) is 0 Å². The summed E-state index contributed by atoms with van der Waals surface area (Å²) in [6.45, 7) is 3.33. The molecule has 166 valence electrons. The first-order valence-electron chi connectivity index (χ1n) is 11.1. The van der Waals surface area contributed by atoms with E-state index in [1.165, 1.54) is 16.0 Å². The second-order valence-electron chi connectivity index (χ2n) is 9.13. The number of likely N-dealkylation sites (tertiary alicyclic amines) is 1. The van der Waals surface area contributed by atoms with E-state index in [-0.39, 0.29) is 59.5 Å². The molecule has 2 N–H and O–H groups in total. The molecule has 6 nitrogen and oxygen atoms in total. The fraction of sp³-hybridized carbons (Fsp3) is 0.542. The molecule has 2 bridgehead atoms. The minimum Gasteiger partial charge on any atom is -0.356 e. The van der Waals surface area contributed by atoms with Crippen LogP contribution >= 0.6 is 24.0 Å². The van der Waals surface area contributed by atoms with Gasteiger partial charge in [0.25, 0.3) is 0 Å². The highest BCUT2D eigenvalue weighted by molar-refractivity contribution is 14.0. The van der Waals surface area contributed by atoms with Gasteiger partial charge in [-0.2, -0.15) is 0 Å². The Balaban J connectivity index is 0.00000231. The first-order valence-corrected chi connectivity index (χ1v) is 11.1. The first-order chi connectivity index (χ1) is 14.6. The van der Waals surface area contributed by atoms with Gasteiger partial charge in [-0.05, 0) is 49.1 Å². The number of hydrogen-bond acceptors (Lipinski definition) is 3. The van der Waals surface area contributed by atoms with Crippen LogP contribution in [-0.2, 0) is 9.59 Å². The van der Waals surface area contributed by atoms with Crippen molar-refractivity contribution in [2.24, 2.45) is 28.7 Å². The molecule has 3 aliphatic carbocycles. The number of halogens is 1. The van der Waals surface area contributed by atoms with Crippen LogP contribution in [0.1, 0.15) is 36.3 Å². The summed E-state index contributed by atoms with van der Waals surface area (Å²) in [5, 5.41) is 6.84. The maximum Gasteiger partial charge on any atom is 0.233 e. The van der Waals surface area contributed by atoms with Gasteiger partial charge in [-0.3, -0.25) is 19.5 Å². The topological polar surface area (TPSA) is 73.8 Å². The van der Waals surface area contributed by atoms with Crippen molar-refractivity contribution >= 4 is 41.8 Å². The molecule has 5 rings (SSSR count). The lowest BCUT2D eigenvalue weighted by Crippen LogP contribution is -2.41. The third kappa shape index (κ3) is 4.01. The van der Waals surface area contributed by atoms with Crippen molar-refractivity contribution < 1.29 is 9.59 Å². The van der Waals surface area contributed by atoms with Gasteiger partial charge in [0.1, 0.15) is 0 Å². The molecule has 1 saturated heterocycles. The Bertz CT molecular complexity index is 900. The molecule has 6 unspecified atom stereocenters. The van der Waals surface area contributed by atoms with Crippen molar-refractivity contribution in [1.82, 2.24) is 15.5 Å². The maximum absolute atomic E-state index is 12.7. The zero-order valence-electron chi connectivity index (χ0n) is 18.1. The van der Waals surface area contributed by atoms with E-state index in [1.807, 2.05) is 0 Å². The molecule has 2 saturated carbocycles. The predicted molar refractivity (Wildman–Crippen MR) is 131 cm³/mol. The monoisotopic (exact) mass is 534 g/mol. The van der Waals surface area contributed by atoms with Crippen LogP contribution in [0.3, 0.4) is 0 Å². The predicted octanol–water partition coefficient (Wildman–Crippen LogP) is 2.83. The summed E-state index contributed by atoms with van der Waals surface area (Å²) < 4.78 is 0. The molecular weight excluding hydrogens is 503 g/mol. The number of imide groups is 1. The number of benzene rings is 1. The zero-order valence-corrected chi connectivity index (χ0v) is 20.4. The average Bonchev–Trinajstić information content (AvgIpc) is 3.07. The third-order valence-electron chi connectivity index (χ3n) is 7.34. The summed E-state index contributed by atoms with van der Waals surface area (Å²) in [4.78, 5) is 31.3. The minimum atomic E-state index is -0.0943. The summed E-state index contributed by atoms with van der Waals surface area (Å²) >= 11 is 0. The van der Waals surface area contributed by atoms with E-state index in [9.17, 15) is 9.59 Å². The summed E-state index contributed by atoms with van der Waals surface area (Å²) in [6.07, 6.45) is 7.10. The molecule has 3 fully saturated rings. The Morgan fingerprint density at radius 1 is 1.10 bits per heavy atom. The van der Waals surface area contributed by atoms with Crippen molar-refractivity contribution in [2.75, 3.05) is 20.1 Å². The van der Waals surface area contributed by atoms with Crippen LogP contribution in [0.2, 0.25) is 0 Å². The Kier molecular flexibility index (Phi) is 6.42. The van der Waals surface area contributed by atoms with Crippen molar-refractivity contribution in [1.29, 1.82) is 0 Å². The fourth-order valence-electron chi connectivity index (χ4n) is 5.70. The number of carbonyl (C=O) groups is 2. The number of guanidine groups is 1. The smallest absolute Gasteiger partial charge is 0.233 e. The van der Waals surface area contributed by atoms with E-state index < -0.39 is 0 Å². The number of fused-ring (bicyclic) bond motifs is 5. The SMILES string of the molecule is CN=C(NCCCN1C(=O)C2C3C=CC(C3)C2C1=O)NC1CC1c1ccccc1C.I. The van der Waals surface area contributed by atoms with Crippen molar-refractivity contribution in [3.05, 3.63) is 47.5 Å². The number of amides is 2. The Morgan fingerprint density at radius 2 is 1.77 bits per heavy atom. The zero-order chi connectivity index (χ0) is 20.8. The van der Waals surface area contributed by atoms with Gasteiger partial charge in [0, 0.05) is 32.1 Å². The van der Waals surface area contributed by atoms with Crippen molar-refractivity contribution in [2.45, 2.75) is 38.1 Å². The molecule has 1 aromatic rings. The fourth-order valence-corrected chi connectivity index (χ4v) is 5.70.